The number of amides is 1. The molecule has 2 aromatic carbocycles. The van der Waals surface area contributed by atoms with Crippen molar-refractivity contribution in [2.24, 2.45) is 0 Å². The summed E-state index contributed by atoms with van der Waals surface area (Å²) < 4.78 is 10.5. The SMILES string of the molecule is COC(=O)c1cc(NC(=O)[C@H](C)Oc2ccc3c(c2)CCCC3)ccc1Cl. The molecule has 0 fully saturated rings. The Labute approximate surface area is 163 Å². The van der Waals surface area contributed by atoms with E-state index >= 15 is 0 Å². The molecule has 1 N–H and O–H groups in total. The molecule has 1 aliphatic rings. The first-order valence-electron chi connectivity index (χ1n) is 8.95. The van der Waals surface area contributed by atoms with Crippen LogP contribution in [0.15, 0.2) is 36.4 Å². The van der Waals surface area contributed by atoms with Crippen molar-refractivity contribution >= 4 is 29.2 Å². The molecule has 0 bridgehead atoms. The number of anilines is 1. The van der Waals surface area contributed by atoms with Crippen LogP contribution in [0, 0.1) is 0 Å². The lowest BCUT2D eigenvalue weighted by molar-refractivity contribution is -0.122. The number of benzene rings is 2. The van der Waals surface area contributed by atoms with Crippen LogP contribution in [0.4, 0.5) is 5.69 Å². The first kappa shape index (κ1) is 19.2. The standard InChI is InChI=1S/C21H22ClNO4/c1-13(27-17-9-7-14-5-3-4-6-15(14)11-17)20(24)23-16-8-10-19(22)18(12-16)21(25)26-2/h7-13H,3-6H2,1-2H3,(H,23,24)/t13-/m0/s1. The van der Waals surface area contributed by atoms with E-state index < -0.39 is 12.1 Å². The van der Waals surface area contributed by atoms with Crippen LogP contribution in [-0.4, -0.2) is 25.1 Å². The molecular formula is C21H22ClNO4. The van der Waals surface area contributed by atoms with Gasteiger partial charge < -0.3 is 14.8 Å². The third kappa shape index (κ3) is 4.61. The van der Waals surface area contributed by atoms with Gasteiger partial charge in [0.05, 0.1) is 17.7 Å². The van der Waals surface area contributed by atoms with Crippen molar-refractivity contribution in [2.45, 2.75) is 38.7 Å². The van der Waals surface area contributed by atoms with Gasteiger partial charge in [-0.25, -0.2) is 4.79 Å². The molecule has 0 spiro atoms. The summed E-state index contributed by atoms with van der Waals surface area (Å²) >= 11 is 6.00. The number of carbonyl (C=O) groups is 2. The summed E-state index contributed by atoms with van der Waals surface area (Å²) in [6, 6.07) is 10.7. The van der Waals surface area contributed by atoms with E-state index in [1.54, 1.807) is 19.1 Å². The third-order valence-corrected chi connectivity index (χ3v) is 4.97. The number of hydrogen-bond acceptors (Lipinski definition) is 4. The Balaban J connectivity index is 1.67. The normalized spacial score (nSPS) is 14.0. The fourth-order valence-corrected chi connectivity index (χ4v) is 3.35. The largest absolute Gasteiger partial charge is 0.481 e. The Kier molecular flexibility index (Phi) is 6.01. The molecule has 2 aromatic rings. The van der Waals surface area contributed by atoms with Crippen LogP contribution >= 0.6 is 11.6 Å². The minimum absolute atomic E-state index is 0.195. The highest BCUT2D eigenvalue weighted by Gasteiger charge is 2.18. The van der Waals surface area contributed by atoms with Crippen molar-refractivity contribution in [3.05, 3.63) is 58.1 Å². The summed E-state index contributed by atoms with van der Waals surface area (Å²) in [6.07, 6.45) is 3.87. The van der Waals surface area contributed by atoms with Crippen molar-refractivity contribution in [2.75, 3.05) is 12.4 Å². The van der Waals surface area contributed by atoms with Crippen LogP contribution in [-0.2, 0) is 22.4 Å². The first-order chi connectivity index (χ1) is 13.0. The maximum atomic E-state index is 12.5. The average molecular weight is 388 g/mol. The van der Waals surface area contributed by atoms with Crippen molar-refractivity contribution < 1.29 is 19.1 Å². The molecule has 0 saturated heterocycles. The lowest BCUT2D eigenvalue weighted by Crippen LogP contribution is -2.30. The van der Waals surface area contributed by atoms with E-state index in [-0.39, 0.29) is 16.5 Å². The van der Waals surface area contributed by atoms with Gasteiger partial charge in [0, 0.05) is 5.69 Å². The number of ether oxygens (including phenoxy) is 2. The maximum Gasteiger partial charge on any atom is 0.339 e. The highest BCUT2D eigenvalue weighted by atomic mass is 35.5. The van der Waals surface area contributed by atoms with Gasteiger partial charge in [-0.2, -0.15) is 0 Å². The molecule has 1 amide bonds. The van der Waals surface area contributed by atoms with Crippen LogP contribution in [0.1, 0.15) is 41.3 Å². The topological polar surface area (TPSA) is 64.6 Å². The lowest BCUT2D eigenvalue weighted by atomic mass is 9.92. The fraction of sp³-hybridized carbons (Fsp3) is 0.333. The number of rotatable bonds is 5. The van der Waals surface area contributed by atoms with Gasteiger partial charge in [-0.1, -0.05) is 17.7 Å². The van der Waals surface area contributed by atoms with E-state index in [0.717, 1.165) is 12.8 Å². The molecule has 0 heterocycles. The summed E-state index contributed by atoms with van der Waals surface area (Å²) in [5, 5.41) is 3.00. The van der Waals surface area contributed by atoms with Crippen molar-refractivity contribution in [3.63, 3.8) is 0 Å². The summed E-state index contributed by atoms with van der Waals surface area (Å²) in [5.41, 5.74) is 3.31. The van der Waals surface area contributed by atoms with Crippen molar-refractivity contribution in [3.8, 4) is 5.75 Å². The Morgan fingerprint density at radius 1 is 1.07 bits per heavy atom. The predicted octanol–water partition coefficient (Wildman–Crippen LogP) is 4.41. The quantitative estimate of drug-likeness (QED) is 0.772. The number of methoxy groups -OCH3 is 1. The van der Waals surface area contributed by atoms with Crippen molar-refractivity contribution in [1.29, 1.82) is 0 Å². The molecule has 0 aromatic heterocycles. The lowest BCUT2D eigenvalue weighted by Gasteiger charge is -2.19. The molecule has 27 heavy (non-hydrogen) atoms. The zero-order chi connectivity index (χ0) is 19.4. The zero-order valence-electron chi connectivity index (χ0n) is 15.4. The van der Waals surface area contributed by atoms with Crippen molar-refractivity contribution in [1.82, 2.24) is 0 Å². The van der Waals surface area contributed by atoms with E-state index in [0.29, 0.717) is 11.4 Å². The molecule has 1 aliphatic carbocycles. The van der Waals surface area contributed by atoms with Gasteiger partial charge in [0.15, 0.2) is 6.10 Å². The Morgan fingerprint density at radius 2 is 1.81 bits per heavy atom. The summed E-state index contributed by atoms with van der Waals surface area (Å²) in [7, 11) is 1.28. The van der Waals surface area contributed by atoms with E-state index in [1.807, 2.05) is 12.1 Å². The van der Waals surface area contributed by atoms with Crippen LogP contribution in [0.5, 0.6) is 5.75 Å². The van der Waals surface area contributed by atoms with E-state index in [4.69, 9.17) is 16.3 Å². The van der Waals surface area contributed by atoms with Gasteiger partial charge in [0.1, 0.15) is 5.75 Å². The van der Waals surface area contributed by atoms with Crippen LogP contribution in [0.2, 0.25) is 5.02 Å². The first-order valence-corrected chi connectivity index (χ1v) is 9.33. The number of aryl methyl sites for hydroxylation is 2. The Morgan fingerprint density at radius 3 is 2.56 bits per heavy atom. The summed E-state index contributed by atoms with van der Waals surface area (Å²) in [4.78, 5) is 24.2. The second kappa shape index (κ2) is 8.44. The van der Waals surface area contributed by atoms with E-state index in [2.05, 4.69) is 16.1 Å². The number of nitrogens with one attached hydrogen (secondary N) is 1. The monoisotopic (exact) mass is 387 g/mol. The number of fused-ring (bicyclic) bond motifs is 1. The van der Waals surface area contributed by atoms with Gasteiger partial charge in [-0.3, -0.25) is 4.79 Å². The third-order valence-electron chi connectivity index (χ3n) is 4.64. The zero-order valence-corrected chi connectivity index (χ0v) is 16.1. The maximum absolute atomic E-state index is 12.5. The molecular weight excluding hydrogens is 366 g/mol. The van der Waals surface area contributed by atoms with Gasteiger partial charge >= 0.3 is 5.97 Å². The molecule has 0 saturated carbocycles. The minimum atomic E-state index is -0.691. The molecule has 142 valence electrons. The molecule has 0 radical (unpaired) electrons. The second-order valence-electron chi connectivity index (χ2n) is 6.57. The van der Waals surface area contributed by atoms with E-state index in [1.165, 1.54) is 37.1 Å². The predicted molar refractivity (Wildman–Crippen MR) is 105 cm³/mol. The second-order valence-corrected chi connectivity index (χ2v) is 6.98. The highest BCUT2D eigenvalue weighted by molar-refractivity contribution is 6.33. The smallest absolute Gasteiger partial charge is 0.339 e. The molecule has 0 unspecified atom stereocenters. The minimum Gasteiger partial charge on any atom is -0.481 e. The Bertz CT molecular complexity index is 865. The summed E-state index contributed by atoms with van der Waals surface area (Å²) in [6.45, 7) is 1.69. The van der Waals surface area contributed by atoms with Gasteiger partial charge in [0.2, 0.25) is 0 Å². The highest BCUT2D eigenvalue weighted by Crippen LogP contribution is 2.26. The molecule has 5 nitrogen and oxygen atoms in total. The number of carbonyl (C=O) groups excluding carboxylic acids is 2. The molecule has 1 atom stereocenters. The van der Waals surface area contributed by atoms with E-state index in [9.17, 15) is 9.59 Å². The average Bonchev–Trinajstić information content (AvgIpc) is 2.68. The number of hydrogen-bond donors (Lipinski definition) is 1. The molecule has 3 rings (SSSR count). The van der Waals surface area contributed by atoms with Crippen LogP contribution < -0.4 is 10.1 Å². The van der Waals surface area contributed by atoms with Gasteiger partial charge in [0.25, 0.3) is 5.91 Å². The summed E-state index contributed by atoms with van der Waals surface area (Å²) in [5.74, 6) is -0.190. The van der Waals surface area contributed by atoms with Gasteiger partial charge in [-0.05, 0) is 74.1 Å². The molecule has 0 aliphatic heterocycles. The Hall–Kier alpha value is -2.53. The van der Waals surface area contributed by atoms with Crippen LogP contribution in [0.25, 0.3) is 0 Å². The number of esters is 1. The molecule has 6 heteroatoms. The van der Waals surface area contributed by atoms with Gasteiger partial charge in [-0.15, -0.1) is 0 Å². The van der Waals surface area contributed by atoms with Crippen LogP contribution in [0.3, 0.4) is 0 Å². The number of halogens is 1. The fourth-order valence-electron chi connectivity index (χ4n) is 3.15.